The minimum Gasteiger partial charge on any atom is -0.315 e. The van der Waals surface area contributed by atoms with Crippen molar-refractivity contribution in [2.75, 3.05) is 39.3 Å². The van der Waals surface area contributed by atoms with Gasteiger partial charge >= 0.3 is 0 Å². The van der Waals surface area contributed by atoms with Gasteiger partial charge < -0.3 is 10.2 Å². The Morgan fingerprint density at radius 3 is 2.33 bits per heavy atom. The maximum Gasteiger partial charge on any atom is 0.0834 e. The fourth-order valence-electron chi connectivity index (χ4n) is 1.10. The van der Waals surface area contributed by atoms with Crippen molar-refractivity contribution in [3.8, 4) is 0 Å². The number of hydrogen-bond donors (Lipinski definition) is 1. The summed E-state index contributed by atoms with van der Waals surface area (Å²) in [6, 6.07) is 0. The summed E-state index contributed by atoms with van der Waals surface area (Å²) in [5, 5.41) is 13.3. The van der Waals surface area contributed by atoms with Crippen LogP contribution in [0.4, 0.5) is 0 Å². The third-order valence-electron chi connectivity index (χ3n) is 2.00. The van der Waals surface area contributed by atoms with Gasteiger partial charge in [-0.1, -0.05) is 13.8 Å². The summed E-state index contributed by atoms with van der Waals surface area (Å²) in [7, 11) is 0. The molecule has 0 atom stereocenters. The molecule has 0 aromatic rings. The van der Waals surface area contributed by atoms with Crippen LogP contribution in [-0.2, 0) is 5.11 Å². The average Bonchev–Trinajstić information content (AvgIpc) is 2.11. The molecular weight excluding hydrogens is 152 g/mol. The SMILES string of the molecule is CCN(CC)CCNCCC[O]. The lowest BCUT2D eigenvalue weighted by Crippen LogP contribution is -2.32. The molecule has 0 bridgehead atoms. The molecular formula is C9H21N2O. The molecule has 0 heterocycles. The van der Waals surface area contributed by atoms with Crippen LogP contribution in [0.1, 0.15) is 20.3 Å². The van der Waals surface area contributed by atoms with Crippen molar-refractivity contribution in [2.24, 2.45) is 0 Å². The first kappa shape index (κ1) is 11.9. The van der Waals surface area contributed by atoms with Crippen molar-refractivity contribution >= 4 is 0 Å². The molecule has 73 valence electrons. The van der Waals surface area contributed by atoms with Gasteiger partial charge in [-0.2, -0.15) is 0 Å². The van der Waals surface area contributed by atoms with Gasteiger partial charge in [-0.05, 0) is 26.1 Å². The monoisotopic (exact) mass is 173 g/mol. The molecule has 0 fully saturated rings. The van der Waals surface area contributed by atoms with Crippen molar-refractivity contribution in [3.63, 3.8) is 0 Å². The van der Waals surface area contributed by atoms with E-state index < -0.39 is 0 Å². The zero-order chi connectivity index (χ0) is 9.23. The van der Waals surface area contributed by atoms with E-state index in [9.17, 15) is 5.11 Å². The van der Waals surface area contributed by atoms with Crippen LogP contribution < -0.4 is 5.32 Å². The third kappa shape index (κ3) is 6.58. The number of rotatable bonds is 8. The molecule has 0 amide bonds. The van der Waals surface area contributed by atoms with Gasteiger partial charge in [0.25, 0.3) is 0 Å². The Morgan fingerprint density at radius 1 is 1.17 bits per heavy atom. The lowest BCUT2D eigenvalue weighted by Gasteiger charge is -2.17. The first-order valence-electron chi connectivity index (χ1n) is 4.86. The molecule has 0 aliphatic heterocycles. The molecule has 0 saturated carbocycles. The van der Waals surface area contributed by atoms with Gasteiger partial charge in [0, 0.05) is 13.1 Å². The van der Waals surface area contributed by atoms with Crippen molar-refractivity contribution in [3.05, 3.63) is 0 Å². The van der Waals surface area contributed by atoms with E-state index in [4.69, 9.17) is 0 Å². The number of nitrogens with one attached hydrogen (secondary N) is 1. The molecule has 0 spiro atoms. The zero-order valence-corrected chi connectivity index (χ0v) is 8.31. The highest BCUT2D eigenvalue weighted by Gasteiger charge is 1.96. The molecule has 12 heavy (non-hydrogen) atoms. The van der Waals surface area contributed by atoms with Crippen molar-refractivity contribution in [2.45, 2.75) is 20.3 Å². The zero-order valence-electron chi connectivity index (χ0n) is 8.31. The molecule has 0 aromatic carbocycles. The second kappa shape index (κ2) is 8.97. The Morgan fingerprint density at radius 2 is 1.83 bits per heavy atom. The molecule has 0 aromatic heterocycles. The van der Waals surface area contributed by atoms with Gasteiger partial charge in [-0.15, -0.1) is 0 Å². The number of nitrogens with zero attached hydrogens (tertiary/aromatic N) is 1. The minimum absolute atomic E-state index is 0.0400. The van der Waals surface area contributed by atoms with Gasteiger partial charge in [0.2, 0.25) is 0 Å². The van der Waals surface area contributed by atoms with Crippen molar-refractivity contribution in [1.29, 1.82) is 0 Å². The normalized spacial score (nSPS) is 11.0. The maximum absolute atomic E-state index is 10.1. The fourth-order valence-corrected chi connectivity index (χ4v) is 1.10. The van der Waals surface area contributed by atoms with E-state index in [1.54, 1.807) is 0 Å². The Bertz CT molecular complexity index is 84.6. The maximum atomic E-state index is 10.1. The second-order valence-corrected chi connectivity index (χ2v) is 2.83. The predicted octanol–water partition coefficient (Wildman–Crippen LogP) is 0.738. The van der Waals surface area contributed by atoms with Gasteiger partial charge in [0.05, 0.1) is 6.61 Å². The topological polar surface area (TPSA) is 35.2 Å². The highest BCUT2D eigenvalue weighted by atomic mass is 16.3. The predicted molar refractivity (Wildman–Crippen MR) is 50.8 cm³/mol. The van der Waals surface area contributed by atoms with Crippen LogP contribution in [0.15, 0.2) is 0 Å². The lowest BCUT2D eigenvalue weighted by molar-refractivity contribution is 0.188. The van der Waals surface area contributed by atoms with Crippen LogP contribution in [0.2, 0.25) is 0 Å². The van der Waals surface area contributed by atoms with Crippen molar-refractivity contribution < 1.29 is 5.11 Å². The highest BCUT2D eigenvalue weighted by molar-refractivity contribution is 4.55. The van der Waals surface area contributed by atoms with E-state index in [0.29, 0.717) is 0 Å². The summed E-state index contributed by atoms with van der Waals surface area (Å²) in [5.41, 5.74) is 0. The van der Waals surface area contributed by atoms with Crippen LogP contribution in [0, 0.1) is 0 Å². The summed E-state index contributed by atoms with van der Waals surface area (Å²) < 4.78 is 0. The van der Waals surface area contributed by atoms with Gasteiger partial charge in [0.1, 0.15) is 0 Å². The molecule has 0 aliphatic carbocycles. The van der Waals surface area contributed by atoms with Crippen LogP contribution >= 0.6 is 0 Å². The molecule has 0 rings (SSSR count). The smallest absolute Gasteiger partial charge is 0.0834 e. The molecule has 3 heteroatoms. The van der Waals surface area contributed by atoms with E-state index >= 15 is 0 Å². The number of likely N-dealkylation sites (N-methyl/N-ethyl adjacent to an activating group) is 1. The van der Waals surface area contributed by atoms with Gasteiger partial charge in [0.15, 0.2) is 0 Å². The molecule has 0 unspecified atom stereocenters. The highest BCUT2D eigenvalue weighted by Crippen LogP contribution is 1.84. The average molecular weight is 173 g/mol. The quantitative estimate of drug-likeness (QED) is 0.549. The van der Waals surface area contributed by atoms with E-state index in [-0.39, 0.29) is 6.61 Å². The van der Waals surface area contributed by atoms with Gasteiger partial charge in [-0.3, -0.25) is 0 Å². The van der Waals surface area contributed by atoms with E-state index in [2.05, 4.69) is 24.1 Å². The molecule has 3 nitrogen and oxygen atoms in total. The summed E-state index contributed by atoms with van der Waals surface area (Å²) >= 11 is 0. The first-order valence-corrected chi connectivity index (χ1v) is 4.86. The molecule has 0 aliphatic rings. The Balaban J connectivity index is 3.06. The molecule has 0 saturated heterocycles. The summed E-state index contributed by atoms with van der Waals surface area (Å²) in [4.78, 5) is 2.37. The third-order valence-corrected chi connectivity index (χ3v) is 2.00. The standard InChI is InChI=1S/C9H21N2O/c1-3-11(4-2)8-7-10-6-5-9-12/h10H,3-9H2,1-2H3. The largest absolute Gasteiger partial charge is 0.315 e. The Kier molecular flexibility index (Phi) is 8.88. The minimum atomic E-state index is 0.0400. The van der Waals surface area contributed by atoms with Crippen LogP contribution in [0.3, 0.4) is 0 Å². The van der Waals surface area contributed by atoms with E-state index in [1.165, 1.54) is 0 Å². The summed E-state index contributed by atoms with van der Waals surface area (Å²) in [6.45, 7) is 9.55. The molecule has 1 N–H and O–H groups in total. The Labute approximate surface area is 75.8 Å². The summed E-state index contributed by atoms with van der Waals surface area (Å²) in [6.07, 6.45) is 0.748. The van der Waals surface area contributed by atoms with Crippen LogP contribution in [0.25, 0.3) is 0 Å². The lowest BCUT2D eigenvalue weighted by atomic mass is 10.4. The fraction of sp³-hybridized carbons (Fsp3) is 1.00. The first-order chi connectivity index (χ1) is 5.85. The van der Waals surface area contributed by atoms with Crippen LogP contribution in [-0.4, -0.2) is 44.2 Å². The Hall–Kier alpha value is -0.120. The van der Waals surface area contributed by atoms with Gasteiger partial charge in [-0.25, -0.2) is 5.11 Å². The summed E-state index contributed by atoms with van der Waals surface area (Å²) in [5.74, 6) is 0. The van der Waals surface area contributed by atoms with E-state index in [1.807, 2.05) is 0 Å². The van der Waals surface area contributed by atoms with E-state index in [0.717, 1.165) is 39.1 Å². The number of hydrogen-bond acceptors (Lipinski definition) is 2. The molecule has 1 radical (unpaired) electrons. The van der Waals surface area contributed by atoms with Crippen molar-refractivity contribution in [1.82, 2.24) is 10.2 Å². The second-order valence-electron chi connectivity index (χ2n) is 2.83. The van der Waals surface area contributed by atoms with Crippen LogP contribution in [0.5, 0.6) is 0 Å².